The highest BCUT2D eigenvalue weighted by molar-refractivity contribution is 14.1. The molecule has 0 amide bonds. The van der Waals surface area contributed by atoms with E-state index in [0.717, 1.165) is 17.3 Å². The van der Waals surface area contributed by atoms with Crippen LogP contribution in [0.4, 0.5) is 0 Å². The van der Waals surface area contributed by atoms with Crippen molar-refractivity contribution in [3.8, 4) is 0 Å². The summed E-state index contributed by atoms with van der Waals surface area (Å²) in [6, 6.07) is 0. The average Bonchev–Trinajstić information content (AvgIpc) is 2.25. The molecular weight excluding hydrogens is 371 g/mol. The number of ether oxygens (including phenoxy) is 1. The van der Waals surface area contributed by atoms with Gasteiger partial charge in [0.1, 0.15) is 23.0 Å². The van der Waals surface area contributed by atoms with Gasteiger partial charge in [0.2, 0.25) is 0 Å². The van der Waals surface area contributed by atoms with Crippen LogP contribution >= 0.6 is 47.4 Å². The number of halogens is 1. The Bertz CT molecular complexity index is 211. The molecule has 3 nitrogen and oxygen atoms in total. The molecular formula is C11H21IO3S2. The van der Waals surface area contributed by atoms with Crippen molar-refractivity contribution < 1.29 is 12.6 Å². The lowest BCUT2D eigenvalue weighted by Gasteiger charge is -2.18. The lowest BCUT2D eigenvalue weighted by atomic mass is 10.1. The van der Waals surface area contributed by atoms with Crippen LogP contribution in [0.5, 0.6) is 0 Å². The molecule has 0 heterocycles. The fraction of sp³-hybridized carbons (Fsp3) is 0.909. The van der Waals surface area contributed by atoms with Crippen LogP contribution in [0.15, 0.2) is 0 Å². The van der Waals surface area contributed by atoms with Gasteiger partial charge in [-0.05, 0) is 25.5 Å². The van der Waals surface area contributed by atoms with Crippen LogP contribution in [0, 0.1) is 5.92 Å². The van der Waals surface area contributed by atoms with Crippen LogP contribution in [-0.2, 0) is 12.6 Å². The summed E-state index contributed by atoms with van der Waals surface area (Å²) in [7, 11) is 0. The van der Waals surface area contributed by atoms with Gasteiger partial charge in [-0.15, -0.1) is 0 Å². The van der Waals surface area contributed by atoms with Crippen molar-refractivity contribution in [3.05, 3.63) is 0 Å². The molecule has 0 N–H and O–H groups in total. The fourth-order valence-electron chi connectivity index (χ4n) is 1.15. The normalized spacial score (nSPS) is 14.7. The monoisotopic (exact) mass is 392 g/mol. The minimum Gasteiger partial charge on any atom is -0.463 e. The van der Waals surface area contributed by atoms with Crippen molar-refractivity contribution >= 4 is 53.4 Å². The maximum Gasteiger partial charge on any atom is 0.306 e. The molecule has 0 saturated carbocycles. The first-order valence-electron chi connectivity index (χ1n) is 5.66. The Morgan fingerprint density at radius 3 is 2.53 bits per heavy atom. The lowest BCUT2D eigenvalue weighted by Crippen LogP contribution is -2.22. The largest absolute Gasteiger partial charge is 0.463 e. The van der Waals surface area contributed by atoms with Gasteiger partial charge < -0.3 is 7.80 Å². The molecule has 0 radical (unpaired) electrons. The van der Waals surface area contributed by atoms with Gasteiger partial charge in [0.15, 0.2) is 0 Å². The highest BCUT2D eigenvalue weighted by atomic mass is 127. The third-order valence-corrected chi connectivity index (χ3v) is 4.39. The Balaban J connectivity index is 3.60. The number of thiol groups is 1. The minimum atomic E-state index is -0.115. The Kier molecular flexibility index (Phi) is 11.3. The smallest absolute Gasteiger partial charge is 0.306 e. The molecule has 0 aromatic heterocycles. The number of esters is 1. The van der Waals surface area contributed by atoms with Crippen LogP contribution in [0.1, 0.15) is 27.2 Å². The van der Waals surface area contributed by atoms with E-state index >= 15 is 0 Å². The topological polar surface area (TPSA) is 35.5 Å². The SMILES string of the molecule is CC(C)OC(=O)CCSCC(C)C(CS)OI. The standard InChI is InChI=1S/C11H21IO3S2/c1-8(2)14-11(13)4-5-17-7-9(3)10(6-16)15-12/h8-10,16H,4-7H2,1-3H3. The number of carbonyl (C=O) groups is 1. The molecule has 0 aromatic rings. The van der Waals surface area contributed by atoms with Crippen LogP contribution in [0.2, 0.25) is 0 Å². The Labute approximate surface area is 128 Å². The van der Waals surface area contributed by atoms with Gasteiger partial charge in [-0.25, -0.2) is 0 Å². The van der Waals surface area contributed by atoms with Gasteiger partial charge in [0.25, 0.3) is 0 Å². The third-order valence-electron chi connectivity index (χ3n) is 2.13. The van der Waals surface area contributed by atoms with E-state index < -0.39 is 0 Å². The Morgan fingerprint density at radius 2 is 2.06 bits per heavy atom. The summed E-state index contributed by atoms with van der Waals surface area (Å²) < 4.78 is 10.3. The molecule has 0 aliphatic heterocycles. The maximum absolute atomic E-state index is 11.3. The third kappa shape index (κ3) is 9.44. The van der Waals surface area contributed by atoms with Crippen LogP contribution in [-0.4, -0.2) is 35.4 Å². The highest BCUT2D eigenvalue weighted by Crippen LogP contribution is 2.18. The lowest BCUT2D eigenvalue weighted by molar-refractivity contribution is -0.146. The number of thioether (sulfide) groups is 1. The van der Waals surface area contributed by atoms with Gasteiger partial charge in [-0.2, -0.15) is 24.4 Å². The zero-order valence-electron chi connectivity index (χ0n) is 10.5. The van der Waals surface area contributed by atoms with E-state index in [2.05, 4.69) is 19.6 Å². The number of rotatable bonds is 9. The zero-order valence-corrected chi connectivity index (χ0v) is 14.4. The average molecular weight is 392 g/mol. The van der Waals surface area contributed by atoms with Crippen molar-refractivity contribution in [2.75, 3.05) is 17.3 Å². The molecule has 0 aliphatic rings. The van der Waals surface area contributed by atoms with Crippen molar-refractivity contribution in [1.82, 2.24) is 0 Å². The first kappa shape index (κ1) is 17.9. The van der Waals surface area contributed by atoms with E-state index in [1.165, 1.54) is 0 Å². The first-order chi connectivity index (χ1) is 8.01. The predicted octanol–water partition coefficient (Wildman–Crippen LogP) is 3.36. The molecule has 0 bridgehead atoms. The summed E-state index contributed by atoms with van der Waals surface area (Å²) >= 11 is 7.91. The summed E-state index contributed by atoms with van der Waals surface area (Å²) in [4.78, 5) is 11.3. The van der Waals surface area contributed by atoms with Gasteiger partial charge in [0.05, 0.1) is 18.6 Å². The highest BCUT2D eigenvalue weighted by Gasteiger charge is 2.16. The van der Waals surface area contributed by atoms with Crippen LogP contribution in [0.25, 0.3) is 0 Å². The van der Waals surface area contributed by atoms with E-state index in [9.17, 15) is 4.79 Å². The van der Waals surface area contributed by atoms with E-state index in [0.29, 0.717) is 12.3 Å². The maximum atomic E-state index is 11.3. The zero-order chi connectivity index (χ0) is 13.3. The van der Waals surface area contributed by atoms with E-state index in [1.807, 2.05) is 36.9 Å². The van der Waals surface area contributed by atoms with Gasteiger partial charge in [-0.3, -0.25) is 4.79 Å². The minimum absolute atomic E-state index is 0.0209. The summed E-state index contributed by atoms with van der Waals surface area (Å²) in [5.41, 5.74) is 0. The Morgan fingerprint density at radius 1 is 1.41 bits per heavy atom. The van der Waals surface area contributed by atoms with Crippen LogP contribution < -0.4 is 0 Å². The summed E-state index contributed by atoms with van der Waals surface area (Å²) in [5, 5.41) is 0. The summed E-state index contributed by atoms with van der Waals surface area (Å²) in [6.07, 6.45) is 0.632. The second-order valence-corrected chi connectivity index (χ2v) is 6.17. The number of hydrogen-bond acceptors (Lipinski definition) is 5. The second-order valence-electron chi connectivity index (χ2n) is 4.15. The van der Waals surface area contributed by atoms with E-state index in [1.54, 1.807) is 11.8 Å². The summed E-state index contributed by atoms with van der Waals surface area (Å²) in [6.45, 7) is 5.86. The Hall–Kier alpha value is 0.860. The van der Waals surface area contributed by atoms with E-state index in [-0.39, 0.29) is 18.2 Å². The number of hydrogen-bond donors (Lipinski definition) is 1. The van der Waals surface area contributed by atoms with Gasteiger partial charge >= 0.3 is 5.97 Å². The van der Waals surface area contributed by atoms with Crippen LogP contribution in [0.3, 0.4) is 0 Å². The molecule has 2 atom stereocenters. The molecule has 6 heteroatoms. The van der Waals surface area contributed by atoms with Crippen molar-refractivity contribution in [2.24, 2.45) is 5.92 Å². The van der Waals surface area contributed by atoms with Gasteiger partial charge in [-0.1, -0.05) is 6.92 Å². The molecule has 0 saturated heterocycles. The number of carbonyl (C=O) groups excluding carboxylic acids is 1. The molecule has 2 unspecified atom stereocenters. The van der Waals surface area contributed by atoms with E-state index in [4.69, 9.17) is 7.80 Å². The van der Waals surface area contributed by atoms with Crippen molar-refractivity contribution in [2.45, 2.75) is 39.4 Å². The molecule has 0 spiro atoms. The first-order valence-corrected chi connectivity index (χ1v) is 8.33. The molecule has 17 heavy (non-hydrogen) atoms. The molecule has 0 aromatic carbocycles. The molecule has 102 valence electrons. The fourth-order valence-corrected chi connectivity index (χ4v) is 3.61. The summed E-state index contributed by atoms with van der Waals surface area (Å²) in [5.74, 6) is 2.83. The van der Waals surface area contributed by atoms with Crippen molar-refractivity contribution in [3.63, 3.8) is 0 Å². The quantitative estimate of drug-likeness (QED) is 0.283. The molecule has 0 rings (SSSR count). The predicted molar refractivity (Wildman–Crippen MR) is 85.1 cm³/mol. The second kappa shape index (κ2) is 10.8. The molecule has 0 fully saturated rings. The molecule has 0 aliphatic carbocycles. The van der Waals surface area contributed by atoms with Crippen molar-refractivity contribution in [1.29, 1.82) is 0 Å². The van der Waals surface area contributed by atoms with Gasteiger partial charge in [0, 0.05) is 11.5 Å².